The number of anilines is 1. The van der Waals surface area contributed by atoms with Gasteiger partial charge in [-0.2, -0.15) is 4.98 Å². The number of nitrogen functional groups attached to an aromatic ring is 1. The molecule has 4 heteroatoms. The van der Waals surface area contributed by atoms with Crippen LogP contribution in [0.2, 0.25) is 0 Å². The molecule has 2 aromatic rings. The fourth-order valence-corrected chi connectivity index (χ4v) is 1.36. The summed E-state index contributed by atoms with van der Waals surface area (Å²) in [4.78, 5) is 4.32. The van der Waals surface area contributed by atoms with Gasteiger partial charge in [-0.15, -0.1) is 0 Å². The SMILES string of the molecule is Cc1ccc(-c2nc(C(C)C)no2)cc1N. The highest BCUT2D eigenvalue weighted by atomic mass is 16.5. The van der Waals surface area contributed by atoms with E-state index < -0.39 is 0 Å². The van der Waals surface area contributed by atoms with Crippen LogP contribution in [-0.2, 0) is 0 Å². The minimum Gasteiger partial charge on any atom is -0.398 e. The zero-order valence-electron chi connectivity index (χ0n) is 9.69. The van der Waals surface area contributed by atoms with Crippen molar-refractivity contribution in [1.82, 2.24) is 10.1 Å². The third-order valence-electron chi connectivity index (χ3n) is 2.48. The predicted molar refractivity (Wildman–Crippen MR) is 63.0 cm³/mol. The maximum atomic E-state index is 5.83. The molecule has 2 rings (SSSR count). The van der Waals surface area contributed by atoms with Gasteiger partial charge in [-0.3, -0.25) is 0 Å². The summed E-state index contributed by atoms with van der Waals surface area (Å²) in [7, 11) is 0. The standard InChI is InChI=1S/C12H15N3O/c1-7(2)11-14-12(16-15-11)9-5-4-8(3)10(13)6-9/h4-7H,13H2,1-3H3. The minimum absolute atomic E-state index is 0.264. The van der Waals surface area contributed by atoms with Crippen LogP contribution in [0, 0.1) is 6.92 Å². The van der Waals surface area contributed by atoms with Gasteiger partial charge in [0.05, 0.1) is 0 Å². The molecule has 0 amide bonds. The zero-order valence-corrected chi connectivity index (χ0v) is 9.69. The lowest BCUT2D eigenvalue weighted by atomic mass is 10.1. The van der Waals surface area contributed by atoms with Crippen molar-refractivity contribution >= 4 is 5.69 Å². The molecule has 16 heavy (non-hydrogen) atoms. The van der Waals surface area contributed by atoms with E-state index in [-0.39, 0.29) is 5.92 Å². The van der Waals surface area contributed by atoms with Crippen LogP contribution in [0.4, 0.5) is 5.69 Å². The second-order valence-corrected chi connectivity index (χ2v) is 4.18. The summed E-state index contributed by atoms with van der Waals surface area (Å²) < 4.78 is 5.19. The van der Waals surface area contributed by atoms with Gasteiger partial charge in [0.25, 0.3) is 5.89 Å². The molecule has 0 atom stereocenters. The Bertz CT molecular complexity index is 503. The van der Waals surface area contributed by atoms with Crippen molar-refractivity contribution in [3.8, 4) is 11.5 Å². The van der Waals surface area contributed by atoms with Crippen molar-refractivity contribution in [3.05, 3.63) is 29.6 Å². The van der Waals surface area contributed by atoms with Gasteiger partial charge in [0.2, 0.25) is 0 Å². The first-order valence-electron chi connectivity index (χ1n) is 5.28. The summed E-state index contributed by atoms with van der Waals surface area (Å²) in [6, 6.07) is 5.74. The van der Waals surface area contributed by atoms with Crippen LogP contribution in [0.15, 0.2) is 22.7 Å². The fraction of sp³-hybridized carbons (Fsp3) is 0.333. The number of aryl methyl sites for hydroxylation is 1. The van der Waals surface area contributed by atoms with E-state index >= 15 is 0 Å². The first-order valence-corrected chi connectivity index (χ1v) is 5.28. The summed E-state index contributed by atoms with van der Waals surface area (Å²) >= 11 is 0. The van der Waals surface area contributed by atoms with Crippen molar-refractivity contribution < 1.29 is 4.52 Å². The largest absolute Gasteiger partial charge is 0.398 e. The number of rotatable bonds is 2. The Labute approximate surface area is 94.5 Å². The first-order chi connectivity index (χ1) is 7.58. The molecule has 1 aromatic heterocycles. The lowest BCUT2D eigenvalue weighted by molar-refractivity contribution is 0.419. The van der Waals surface area contributed by atoms with E-state index in [0.717, 1.165) is 16.8 Å². The molecule has 1 heterocycles. The number of aromatic nitrogens is 2. The molecule has 0 fully saturated rings. The summed E-state index contributed by atoms with van der Waals surface area (Å²) in [5.41, 5.74) is 8.48. The molecule has 0 aliphatic heterocycles. The first kappa shape index (κ1) is 10.7. The molecule has 0 aliphatic carbocycles. The van der Waals surface area contributed by atoms with E-state index in [4.69, 9.17) is 10.3 Å². The van der Waals surface area contributed by atoms with E-state index in [1.165, 1.54) is 0 Å². The van der Waals surface area contributed by atoms with E-state index in [1.807, 2.05) is 39.0 Å². The fourth-order valence-electron chi connectivity index (χ4n) is 1.36. The Morgan fingerprint density at radius 3 is 2.62 bits per heavy atom. The molecule has 0 saturated heterocycles. The van der Waals surface area contributed by atoms with E-state index in [9.17, 15) is 0 Å². The normalized spacial score (nSPS) is 11.0. The Morgan fingerprint density at radius 2 is 2.06 bits per heavy atom. The van der Waals surface area contributed by atoms with Crippen molar-refractivity contribution in [2.45, 2.75) is 26.7 Å². The van der Waals surface area contributed by atoms with Crippen LogP contribution in [0.1, 0.15) is 31.2 Å². The molecule has 84 valence electrons. The van der Waals surface area contributed by atoms with Gasteiger partial charge in [0.1, 0.15) is 0 Å². The average Bonchev–Trinajstić information content (AvgIpc) is 2.71. The lowest BCUT2D eigenvalue weighted by Gasteiger charge is -2.00. The van der Waals surface area contributed by atoms with Crippen LogP contribution in [0.25, 0.3) is 11.5 Å². The number of benzene rings is 1. The number of hydrogen-bond donors (Lipinski definition) is 1. The van der Waals surface area contributed by atoms with Gasteiger partial charge in [0, 0.05) is 17.2 Å². The van der Waals surface area contributed by atoms with E-state index in [2.05, 4.69) is 10.1 Å². The second kappa shape index (κ2) is 3.96. The van der Waals surface area contributed by atoms with Crippen LogP contribution >= 0.6 is 0 Å². The second-order valence-electron chi connectivity index (χ2n) is 4.18. The molecular formula is C12H15N3O. The van der Waals surface area contributed by atoms with Gasteiger partial charge in [-0.25, -0.2) is 0 Å². The van der Waals surface area contributed by atoms with Crippen molar-refractivity contribution in [2.75, 3.05) is 5.73 Å². The molecule has 4 nitrogen and oxygen atoms in total. The maximum absolute atomic E-state index is 5.83. The van der Waals surface area contributed by atoms with Crippen molar-refractivity contribution in [3.63, 3.8) is 0 Å². The van der Waals surface area contributed by atoms with Crippen LogP contribution in [-0.4, -0.2) is 10.1 Å². The third-order valence-corrected chi connectivity index (χ3v) is 2.48. The predicted octanol–water partition coefficient (Wildman–Crippen LogP) is 2.75. The molecule has 0 saturated carbocycles. The highest BCUT2D eigenvalue weighted by molar-refractivity contribution is 5.62. The van der Waals surface area contributed by atoms with Gasteiger partial charge in [0.15, 0.2) is 5.82 Å². The quantitative estimate of drug-likeness (QED) is 0.785. The molecule has 0 radical (unpaired) electrons. The monoisotopic (exact) mass is 217 g/mol. The molecule has 0 bridgehead atoms. The zero-order chi connectivity index (χ0) is 11.7. The minimum atomic E-state index is 0.264. The average molecular weight is 217 g/mol. The smallest absolute Gasteiger partial charge is 0.258 e. The molecule has 0 spiro atoms. The van der Waals surface area contributed by atoms with E-state index in [0.29, 0.717) is 11.7 Å². The topological polar surface area (TPSA) is 64.9 Å². The Balaban J connectivity index is 2.39. The molecular weight excluding hydrogens is 202 g/mol. The summed E-state index contributed by atoms with van der Waals surface area (Å²) in [6.45, 7) is 6.02. The molecule has 2 N–H and O–H groups in total. The molecule has 0 unspecified atom stereocenters. The Morgan fingerprint density at radius 1 is 1.31 bits per heavy atom. The van der Waals surface area contributed by atoms with Gasteiger partial charge in [-0.05, 0) is 24.6 Å². The molecule has 0 aliphatic rings. The van der Waals surface area contributed by atoms with E-state index in [1.54, 1.807) is 0 Å². The van der Waals surface area contributed by atoms with Crippen LogP contribution in [0.5, 0.6) is 0 Å². The van der Waals surface area contributed by atoms with Crippen molar-refractivity contribution in [2.24, 2.45) is 0 Å². The Kier molecular flexibility index (Phi) is 2.64. The number of nitrogens with zero attached hydrogens (tertiary/aromatic N) is 2. The van der Waals surface area contributed by atoms with Gasteiger partial charge >= 0.3 is 0 Å². The number of hydrogen-bond acceptors (Lipinski definition) is 4. The maximum Gasteiger partial charge on any atom is 0.258 e. The lowest BCUT2D eigenvalue weighted by Crippen LogP contribution is -1.91. The Hall–Kier alpha value is -1.84. The van der Waals surface area contributed by atoms with Gasteiger partial charge < -0.3 is 10.3 Å². The van der Waals surface area contributed by atoms with Gasteiger partial charge in [-0.1, -0.05) is 25.1 Å². The summed E-state index contributed by atoms with van der Waals surface area (Å²) in [5.74, 6) is 1.50. The highest BCUT2D eigenvalue weighted by Crippen LogP contribution is 2.23. The van der Waals surface area contributed by atoms with Crippen molar-refractivity contribution in [1.29, 1.82) is 0 Å². The highest BCUT2D eigenvalue weighted by Gasteiger charge is 2.11. The van der Waals surface area contributed by atoms with Crippen LogP contribution in [0.3, 0.4) is 0 Å². The summed E-state index contributed by atoms with van der Waals surface area (Å²) in [5, 5.41) is 3.92. The third kappa shape index (κ3) is 1.91. The van der Waals surface area contributed by atoms with Crippen LogP contribution < -0.4 is 5.73 Å². The number of nitrogens with two attached hydrogens (primary N) is 1. The summed E-state index contributed by atoms with van der Waals surface area (Å²) in [6.07, 6.45) is 0. The molecule has 1 aromatic carbocycles.